The van der Waals surface area contributed by atoms with Gasteiger partial charge in [-0.3, -0.25) is 4.90 Å². The third-order valence-corrected chi connectivity index (χ3v) is 5.37. The van der Waals surface area contributed by atoms with Crippen LogP contribution in [0.25, 0.3) is 0 Å². The fourth-order valence-corrected chi connectivity index (χ4v) is 3.86. The van der Waals surface area contributed by atoms with E-state index >= 15 is 0 Å². The van der Waals surface area contributed by atoms with Gasteiger partial charge in [-0.25, -0.2) is 0 Å². The van der Waals surface area contributed by atoms with Crippen LogP contribution in [-0.4, -0.2) is 24.0 Å². The molecule has 1 saturated heterocycles. The molecule has 17 heavy (non-hydrogen) atoms. The van der Waals surface area contributed by atoms with Crippen LogP contribution >= 0.6 is 11.3 Å². The van der Waals surface area contributed by atoms with E-state index in [2.05, 4.69) is 37.1 Å². The summed E-state index contributed by atoms with van der Waals surface area (Å²) in [4.78, 5) is 4.13. The van der Waals surface area contributed by atoms with Gasteiger partial charge in [0.15, 0.2) is 0 Å². The van der Waals surface area contributed by atoms with Crippen LogP contribution in [0.15, 0.2) is 11.4 Å². The van der Waals surface area contributed by atoms with Gasteiger partial charge in [0.25, 0.3) is 0 Å². The Morgan fingerprint density at radius 3 is 2.94 bits per heavy atom. The third kappa shape index (κ3) is 2.72. The summed E-state index contributed by atoms with van der Waals surface area (Å²) in [7, 11) is 0. The van der Waals surface area contributed by atoms with Crippen LogP contribution in [0, 0.1) is 12.8 Å². The molecule has 1 aromatic rings. The number of nitrogens with zero attached hydrogens (tertiary/aromatic N) is 1. The summed E-state index contributed by atoms with van der Waals surface area (Å²) in [5.41, 5.74) is 7.61. The zero-order chi connectivity index (χ0) is 12.4. The Kier molecular flexibility index (Phi) is 4.23. The van der Waals surface area contributed by atoms with Crippen LogP contribution in [0.5, 0.6) is 0 Å². The van der Waals surface area contributed by atoms with Gasteiger partial charge in [-0.05, 0) is 43.2 Å². The van der Waals surface area contributed by atoms with Crippen molar-refractivity contribution in [3.05, 3.63) is 21.9 Å². The topological polar surface area (TPSA) is 29.3 Å². The van der Waals surface area contributed by atoms with Gasteiger partial charge < -0.3 is 5.73 Å². The van der Waals surface area contributed by atoms with E-state index in [4.69, 9.17) is 5.73 Å². The van der Waals surface area contributed by atoms with E-state index in [1.807, 2.05) is 11.3 Å². The smallest absolute Gasteiger partial charge is 0.0416 e. The summed E-state index contributed by atoms with van der Waals surface area (Å²) >= 11 is 1.89. The number of thiophene rings is 1. The fourth-order valence-electron chi connectivity index (χ4n) is 2.84. The van der Waals surface area contributed by atoms with E-state index in [0.717, 1.165) is 19.5 Å². The van der Waals surface area contributed by atoms with Crippen molar-refractivity contribution >= 4 is 11.3 Å². The highest BCUT2D eigenvalue weighted by atomic mass is 32.1. The Morgan fingerprint density at radius 2 is 2.35 bits per heavy atom. The molecule has 3 heteroatoms. The number of rotatable bonds is 3. The molecule has 0 aromatic carbocycles. The van der Waals surface area contributed by atoms with Crippen molar-refractivity contribution in [2.24, 2.45) is 11.7 Å². The van der Waals surface area contributed by atoms with Crippen LogP contribution in [-0.2, 0) is 0 Å². The first-order valence-electron chi connectivity index (χ1n) is 6.67. The quantitative estimate of drug-likeness (QED) is 0.895. The molecule has 96 valence electrons. The molecular weight excluding hydrogens is 228 g/mol. The molecule has 1 aliphatic rings. The highest BCUT2D eigenvalue weighted by Crippen LogP contribution is 2.31. The first-order valence-corrected chi connectivity index (χ1v) is 7.55. The van der Waals surface area contributed by atoms with Gasteiger partial charge >= 0.3 is 0 Å². The average molecular weight is 252 g/mol. The molecule has 0 radical (unpaired) electrons. The first kappa shape index (κ1) is 13.1. The Bertz CT molecular complexity index is 361. The molecule has 2 N–H and O–H groups in total. The molecule has 0 spiro atoms. The predicted octanol–water partition coefficient (Wildman–Crippen LogP) is 3.18. The zero-order valence-corrected chi connectivity index (χ0v) is 12.0. The normalized spacial score (nSPS) is 28.2. The van der Waals surface area contributed by atoms with Gasteiger partial charge in [-0.2, -0.15) is 0 Å². The molecule has 0 bridgehead atoms. The summed E-state index contributed by atoms with van der Waals surface area (Å²) in [5.74, 6) is 0.673. The van der Waals surface area contributed by atoms with Crippen molar-refractivity contribution < 1.29 is 0 Å². The monoisotopic (exact) mass is 252 g/mol. The van der Waals surface area contributed by atoms with Gasteiger partial charge in [0, 0.05) is 30.1 Å². The summed E-state index contributed by atoms with van der Waals surface area (Å²) < 4.78 is 0. The van der Waals surface area contributed by atoms with Gasteiger partial charge in [0.1, 0.15) is 0 Å². The largest absolute Gasteiger partial charge is 0.327 e. The summed E-state index contributed by atoms with van der Waals surface area (Å²) in [6.07, 6.45) is 2.35. The van der Waals surface area contributed by atoms with E-state index in [-0.39, 0.29) is 0 Å². The molecule has 0 aliphatic carbocycles. The number of hydrogen-bond donors (Lipinski definition) is 1. The molecule has 1 aliphatic heterocycles. The molecule has 1 fully saturated rings. The molecule has 1 aromatic heterocycles. The second kappa shape index (κ2) is 5.51. The molecule has 0 amide bonds. The fraction of sp³-hybridized carbons (Fsp3) is 0.714. The first-order chi connectivity index (χ1) is 8.13. The predicted molar refractivity (Wildman–Crippen MR) is 75.4 cm³/mol. The molecule has 2 heterocycles. The van der Waals surface area contributed by atoms with Gasteiger partial charge in [-0.1, -0.05) is 13.3 Å². The Morgan fingerprint density at radius 1 is 1.59 bits per heavy atom. The third-order valence-electron chi connectivity index (χ3n) is 4.18. The highest BCUT2D eigenvalue weighted by Gasteiger charge is 2.29. The van der Waals surface area contributed by atoms with Crippen LogP contribution < -0.4 is 5.73 Å². The Hall–Kier alpha value is -0.380. The minimum Gasteiger partial charge on any atom is -0.327 e. The number of hydrogen-bond acceptors (Lipinski definition) is 3. The van der Waals surface area contributed by atoms with Crippen LogP contribution in [0.1, 0.15) is 43.2 Å². The highest BCUT2D eigenvalue weighted by molar-refractivity contribution is 7.10. The van der Waals surface area contributed by atoms with E-state index in [1.165, 1.54) is 16.9 Å². The lowest BCUT2D eigenvalue weighted by atomic mass is 9.89. The second-order valence-electron chi connectivity index (χ2n) is 5.26. The van der Waals surface area contributed by atoms with Crippen LogP contribution in [0.4, 0.5) is 0 Å². The van der Waals surface area contributed by atoms with Crippen LogP contribution in [0.2, 0.25) is 0 Å². The standard InChI is InChI=1S/C14H24N2S/c1-4-12-9-16(7-5-13(12)15)11(3)14-10(2)6-8-17-14/h6,8,11-13H,4-5,7,9,15H2,1-3H3. The van der Waals surface area contributed by atoms with Gasteiger partial charge in [0.2, 0.25) is 0 Å². The van der Waals surface area contributed by atoms with E-state index < -0.39 is 0 Å². The lowest BCUT2D eigenvalue weighted by Gasteiger charge is -2.39. The average Bonchev–Trinajstić information content (AvgIpc) is 2.75. The maximum absolute atomic E-state index is 6.18. The summed E-state index contributed by atoms with van der Waals surface area (Å²) in [5, 5.41) is 2.20. The van der Waals surface area contributed by atoms with E-state index in [9.17, 15) is 0 Å². The SMILES string of the molecule is CCC1CN(C(C)c2sccc2C)CCC1N. The van der Waals surface area contributed by atoms with Crippen molar-refractivity contribution in [3.63, 3.8) is 0 Å². The van der Waals surface area contributed by atoms with E-state index in [1.54, 1.807) is 0 Å². The molecule has 2 rings (SSSR count). The Labute approximate surface area is 109 Å². The molecular formula is C14H24N2S. The zero-order valence-electron chi connectivity index (χ0n) is 11.1. The van der Waals surface area contributed by atoms with Crippen LogP contribution in [0.3, 0.4) is 0 Å². The van der Waals surface area contributed by atoms with Crippen molar-refractivity contribution in [2.75, 3.05) is 13.1 Å². The lowest BCUT2D eigenvalue weighted by molar-refractivity contribution is 0.115. The number of aryl methyl sites for hydroxylation is 1. The molecule has 3 atom stereocenters. The molecule has 0 saturated carbocycles. The number of nitrogens with two attached hydrogens (primary N) is 1. The second-order valence-corrected chi connectivity index (χ2v) is 6.21. The lowest BCUT2D eigenvalue weighted by Crippen LogP contribution is -2.47. The summed E-state index contributed by atoms with van der Waals surface area (Å²) in [6.45, 7) is 9.12. The molecule has 2 nitrogen and oxygen atoms in total. The maximum Gasteiger partial charge on any atom is 0.0416 e. The maximum atomic E-state index is 6.18. The van der Waals surface area contributed by atoms with Crippen molar-refractivity contribution in [1.29, 1.82) is 0 Å². The number of piperidine rings is 1. The number of likely N-dealkylation sites (tertiary alicyclic amines) is 1. The molecule has 3 unspecified atom stereocenters. The van der Waals surface area contributed by atoms with Crippen molar-refractivity contribution in [3.8, 4) is 0 Å². The van der Waals surface area contributed by atoms with Gasteiger partial charge in [-0.15, -0.1) is 11.3 Å². The summed E-state index contributed by atoms with van der Waals surface area (Å²) in [6, 6.07) is 3.19. The Balaban J connectivity index is 2.06. The minimum atomic E-state index is 0.410. The van der Waals surface area contributed by atoms with Crippen molar-refractivity contribution in [1.82, 2.24) is 4.90 Å². The van der Waals surface area contributed by atoms with E-state index in [0.29, 0.717) is 18.0 Å². The van der Waals surface area contributed by atoms with Crippen molar-refractivity contribution in [2.45, 2.75) is 45.7 Å². The van der Waals surface area contributed by atoms with Gasteiger partial charge in [0.05, 0.1) is 0 Å². The minimum absolute atomic E-state index is 0.410.